The van der Waals surface area contributed by atoms with Gasteiger partial charge in [0.25, 0.3) is 5.69 Å². The summed E-state index contributed by atoms with van der Waals surface area (Å²) in [6, 6.07) is 15.0. The van der Waals surface area contributed by atoms with Crippen molar-refractivity contribution in [1.29, 1.82) is 0 Å². The number of non-ortho nitro benzene ring substituents is 1. The maximum Gasteiger partial charge on any atom is 0.269 e. The maximum atomic E-state index is 10.9. The van der Waals surface area contributed by atoms with Crippen molar-refractivity contribution in [2.45, 2.75) is 19.3 Å². The summed E-state index contributed by atoms with van der Waals surface area (Å²) >= 11 is 5.96. The van der Waals surface area contributed by atoms with Gasteiger partial charge in [-0.25, -0.2) is 0 Å². The third-order valence-electron chi connectivity index (χ3n) is 3.36. The van der Waals surface area contributed by atoms with Crippen molar-refractivity contribution in [1.82, 2.24) is 0 Å². The van der Waals surface area contributed by atoms with Crippen LogP contribution in [0.2, 0.25) is 0 Å². The first kappa shape index (κ1) is 15.3. The van der Waals surface area contributed by atoms with E-state index in [9.17, 15) is 10.1 Å². The number of halogens is 1. The first-order chi connectivity index (χ1) is 10.2. The Labute approximate surface area is 129 Å². The normalized spacial score (nSPS) is 10.4. The second-order valence-corrected chi connectivity index (χ2v) is 4.97. The monoisotopic (exact) mass is 304 g/mol. The van der Waals surface area contributed by atoms with E-state index >= 15 is 0 Å². The Morgan fingerprint density at radius 3 is 2.48 bits per heavy atom. The maximum absolute atomic E-state index is 10.9. The minimum atomic E-state index is -0.396. The zero-order chi connectivity index (χ0) is 15.2. The van der Waals surface area contributed by atoms with Crippen molar-refractivity contribution in [3.05, 3.63) is 69.8 Å². The van der Waals surface area contributed by atoms with Crippen LogP contribution in [0, 0.1) is 10.1 Å². The number of nitrogens with zero attached hydrogens (tertiary/aromatic N) is 2. The van der Waals surface area contributed by atoms with Crippen LogP contribution >= 0.6 is 11.6 Å². The molecule has 0 heterocycles. The summed E-state index contributed by atoms with van der Waals surface area (Å²) in [7, 11) is 0. The molecule has 0 aliphatic carbocycles. The van der Waals surface area contributed by atoms with E-state index in [0.717, 1.165) is 24.3 Å². The van der Waals surface area contributed by atoms with Crippen LogP contribution in [0.3, 0.4) is 0 Å². The Morgan fingerprint density at radius 1 is 1.19 bits per heavy atom. The number of rotatable bonds is 6. The smallest absolute Gasteiger partial charge is 0.269 e. The molecule has 0 aliphatic rings. The van der Waals surface area contributed by atoms with Gasteiger partial charge in [-0.2, -0.15) is 0 Å². The Kier molecular flexibility index (Phi) is 5.17. The van der Waals surface area contributed by atoms with Gasteiger partial charge >= 0.3 is 0 Å². The standard InChI is InChI=1S/C16H17ClN2O2/c1-2-18(12-13-6-4-3-5-7-13)16-9-8-15(19(20)21)10-14(16)11-17/h3-10H,2,11-12H2,1H3. The van der Waals surface area contributed by atoms with Crippen molar-refractivity contribution in [2.75, 3.05) is 11.4 Å². The van der Waals surface area contributed by atoms with Gasteiger partial charge in [-0.1, -0.05) is 30.3 Å². The SMILES string of the molecule is CCN(Cc1ccccc1)c1ccc([N+](=O)[O-])cc1CCl. The lowest BCUT2D eigenvalue weighted by atomic mass is 10.1. The molecule has 2 aromatic rings. The Balaban J connectivity index is 2.31. The fourth-order valence-corrected chi connectivity index (χ4v) is 2.49. The van der Waals surface area contributed by atoms with Crippen LogP contribution < -0.4 is 4.90 Å². The highest BCUT2D eigenvalue weighted by Crippen LogP contribution is 2.28. The zero-order valence-electron chi connectivity index (χ0n) is 11.8. The molecule has 0 aliphatic heterocycles. The average molecular weight is 305 g/mol. The van der Waals surface area contributed by atoms with Crippen LogP contribution in [0.1, 0.15) is 18.1 Å². The van der Waals surface area contributed by atoms with Crippen LogP contribution in [-0.2, 0) is 12.4 Å². The van der Waals surface area contributed by atoms with Gasteiger partial charge in [0.1, 0.15) is 0 Å². The highest BCUT2D eigenvalue weighted by Gasteiger charge is 2.14. The second kappa shape index (κ2) is 7.09. The average Bonchev–Trinajstić information content (AvgIpc) is 2.53. The molecule has 21 heavy (non-hydrogen) atoms. The molecule has 0 fully saturated rings. The number of hydrogen-bond donors (Lipinski definition) is 0. The largest absolute Gasteiger partial charge is 0.367 e. The quantitative estimate of drug-likeness (QED) is 0.452. The van der Waals surface area contributed by atoms with Crippen LogP contribution in [0.5, 0.6) is 0 Å². The summed E-state index contributed by atoms with van der Waals surface area (Å²) in [4.78, 5) is 12.6. The van der Waals surface area contributed by atoms with E-state index in [4.69, 9.17) is 11.6 Å². The topological polar surface area (TPSA) is 46.4 Å². The van der Waals surface area contributed by atoms with E-state index in [0.29, 0.717) is 0 Å². The molecule has 2 aromatic carbocycles. The molecule has 5 heteroatoms. The van der Waals surface area contributed by atoms with Gasteiger partial charge in [-0.3, -0.25) is 10.1 Å². The molecule has 0 aromatic heterocycles. The van der Waals surface area contributed by atoms with Crippen LogP contribution in [0.25, 0.3) is 0 Å². The predicted molar refractivity (Wildman–Crippen MR) is 85.8 cm³/mol. The highest BCUT2D eigenvalue weighted by molar-refractivity contribution is 6.17. The third kappa shape index (κ3) is 3.73. The molecule has 2 rings (SSSR count). The fourth-order valence-electron chi connectivity index (χ4n) is 2.27. The minimum Gasteiger partial charge on any atom is -0.367 e. The lowest BCUT2D eigenvalue weighted by Gasteiger charge is -2.25. The molecule has 0 N–H and O–H groups in total. The third-order valence-corrected chi connectivity index (χ3v) is 3.64. The van der Waals surface area contributed by atoms with Crippen molar-refractivity contribution < 1.29 is 4.92 Å². The number of alkyl halides is 1. The molecule has 4 nitrogen and oxygen atoms in total. The van der Waals surface area contributed by atoms with Gasteiger partial charge in [0.2, 0.25) is 0 Å². The number of nitro benzene ring substituents is 1. The lowest BCUT2D eigenvalue weighted by molar-refractivity contribution is -0.384. The van der Waals surface area contributed by atoms with Gasteiger partial charge < -0.3 is 4.90 Å². The Bertz CT molecular complexity index is 617. The summed E-state index contributed by atoms with van der Waals surface area (Å²) in [5.74, 6) is 0.252. The van der Waals surface area contributed by atoms with E-state index < -0.39 is 4.92 Å². The van der Waals surface area contributed by atoms with E-state index in [1.54, 1.807) is 12.1 Å². The number of benzene rings is 2. The van der Waals surface area contributed by atoms with Crippen molar-refractivity contribution in [3.63, 3.8) is 0 Å². The summed E-state index contributed by atoms with van der Waals surface area (Å²) in [5.41, 5.74) is 2.99. The predicted octanol–water partition coefficient (Wildman–Crippen LogP) is 4.36. The van der Waals surface area contributed by atoms with E-state index in [2.05, 4.69) is 24.0 Å². The molecule has 0 unspecified atom stereocenters. The van der Waals surface area contributed by atoms with Gasteiger partial charge in [0, 0.05) is 36.8 Å². The summed E-state index contributed by atoms with van der Waals surface area (Å²) in [5, 5.41) is 10.9. The Morgan fingerprint density at radius 2 is 1.90 bits per heavy atom. The molecular formula is C16H17ClN2O2. The molecule has 0 atom stereocenters. The Hall–Kier alpha value is -2.07. The molecule has 0 saturated carbocycles. The van der Waals surface area contributed by atoms with Crippen LogP contribution in [-0.4, -0.2) is 11.5 Å². The van der Waals surface area contributed by atoms with Gasteiger partial charge in [-0.15, -0.1) is 11.6 Å². The molecule has 0 spiro atoms. The molecule has 110 valence electrons. The molecule has 0 bridgehead atoms. The van der Waals surface area contributed by atoms with Crippen molar-refractivity contribution >= 4 is 23.0 Å². The summed E-state index contributed by atoms with van der Waals surface area (Å²) < 4.78 is 0. The van der Waals surface area contributed by atoms with Crippen LogP contribution in [0.4, 0.5) is 11.4 Å². The highest BCUT2D eigenvalue weighted by atomic mass is 35.5. The minimum absolute atomic E-state index is 0.0742. The van der Waals surface area contributed by atoms with Crippen LogP contribution in [0.15, 0.2) is 48.5 Å². The van der Waals surface area contributed by atoms with E-state index in [1.807, 2.05) is 18.2 Å². The van der Waals surface area contributed by atoms with Gasteiger partial charge in [0.15, 0.2) is 0 Å². The first-order valence-electron chi connectivity index (χ1n) is 6.78. The lowest BCUT2D eigenvalue weighted by Crippen LogP contribution is -2.23. The fraction of sp³-hybridized carbons (Fsp3) is 0.250. The summed E-state index contributed by atoms with van der Waals surface area (Å²) in [6.07, 6.45) is 0. The van der Waals surface area contributed by atoms with E-state index in [1.165, 1.54) is 11.6 Å². The number of anilines is 1. The van der Waals surface area contributed by atoms with Gasteiger partial charge in [-0.05, 0) is 24.1 Å². The molecule has 0 saturated heterocycles. The first-order valence-corrected chi connectivity index (χ1v) is 7.31. The number of hydrogen-bond acceptors (Lipinski definition) is 3. The molecular weight excluding hydrogens is 288 g/mol. The second-order valence-electron chi connectivity index (χ2n) is 4.70. The summed E-state index contributed by atoms with van der Waals surface area (Å²) in [6.45, 7) is 3.61. The molecule has 0 radical (unpaired) electrons. The zero-order valence-corrected chi connectivity index (χ0v) is 12.6. The van der Waals surface area contributed by atoms with Crippen molar-refractivity contribution in [2.24, 2.45) is 0 Å². The van der Waals surface area contributed by atoms with E-state index in [-0.39, 0.29) is 11.6 Å². The van der Waals surface area contributed by atoms with Crippen molar-refractivity contribution in [3.8, 4) is 0 Å². The number of nitro groups is 1. The molecule has 0 amide bonds. The van der Waals surface area contributed by atoms with Gasteiger partial charge in [0.05, 0.1) is 4.92 Å².